The van der Waals surface area contributed by atoms with E-state index in [1.165, 1.54) is 89.9 Å². The van der Waals surface area contributed by atoms with Crippen LogP contribution in [0.4, 0.5) is 0 Å². The fourth-order valence-corrected chi connectivity index (χ4v) is 4.02. The van der Waals surface area contributed by atoms with Crippen LogP contribution in [0.25, 0.3) is 0 Å². The Morgan fingerprint density at radius 3 is 1.73 bits per heavy atom. The normalized spacial score (nSPS) is 13.3. The maximum absolute atomic E-state index is 11.7. The first-order chi connectivity index (χ1) is 14.6. The van der Waals surface area contributed by atoms with Crippen LogP contribution in [-0.4, -0.2) is 23.8 Å². The topological polar surface area (TPSA) is 46.5 Å². The molecule has 0 saturated heterocycles. The fraction of sp³-hybridized carbons (Fsp3) is 0.963. The van der Waals surface area contributed by atoms with Crippen LogP contribution in [0.3, 0.4) is 0 Å². The van der Waals surface area contributed by atoms with Gasteiger partial charge in [-0.25, -0.2) is 0 Å². The van der Waals surface area contributed by atoms with E-state index in [2.05, 4.69) is 20.8 Å². The molecule has 0 aliphatic heterocycles. The van der Waals surface area contributed by atoms with Crippen LogP contribution in [0, 0.1) is 5.92 Å². The van der Waals surface area contributed by atoms with Gasteiger partial charge >= 0.3 is 5.97 Å². The van der Waals surface area contributed by atoms with Crippen molar-refractivity contribution in [1.82, 2.24) is 0 Å². The van der Waals surface area contributed by atoms with E-state index in [-0.39, 0.29) is 12.1 Å². The summed E-state index contributed by atoms with van der Waals surface area (Å²) in [6, 6.07) is 0. The number of carbonyl (C=O) groups excluding carboxylic acids is 1. The molecule has 0 aromatic carbocycles. The summed E-state index contributed by atoms with van der Waals surface area (Å²) in [6.07, 6.45) is 23.3. The minimum atomic E-state index is -0.127. The van der Waals surface area contributed by atoms with E-state index in [1.54, 1.807) is 0 Å². The average Bonchev–Trinajstić information content (AvgIpc) is 2.74. The number of hydrogen-bond donors (Lipinski definition) is 1. The van der Waals surface area contributed by atoms with Crippen molar-refractivity contribution in [1.29, 1.82) is 0 Å². The highest BCUT2D eigenvalue weighted by atomic mass is 16.5. The number of esters is 1. The lowest BCUT2D eigenvalue weighted by Gasteiger charge is -2.18. The van der Waals surface area contributed by atoms with Gasteiger partial charge in [-0.05, 0) is 31.6 Å². The predicted octanol–water partition coefficient (Wildman–Crippen LogP) is 8.37. The minimum absolute atomic E-state index is 0.0185. The van der Waals surface area contributed by atoms with E-state index >= 15 is 0 Å². The number of ether oxygens (including phenoxy) is 1. The Labute approximate surface area is 188 Å². The molecular formula is C27H54O3. The summed E-state index contributed by atoms with van der Waals surface area (Å²) in [6.45, 7) is 7.27. The third-order valence-electron chi connectivity index (χ3n) is 6.31. The highest BCUT2D eigenvalue weighted by molar-refractivity contribution is 5.69. The molecular weight excluding hydrogens is 372 g/mol. The average molecular weight is 427 g/mol. The van der Waals surface area contributed by atoms with E-state index < -0.39 is 0 Å². The second kappa shape index (κ2) is 23.1. The lowest BCUT2D eigenvalue weighted by Crippen LogP contribution is -2.17. The number of rotatable bonds is 23. The van der Waals surface area contributed by atoms with Gasteiger partial charge in [-0.2, -0.15) is 0 Å². The molecule has 0 aliphatic carbocycles. The standard InChI is InChI=1S/C27H54O3/c1-4-6-8-10-14-18-22-26(28)25(3)21-17-13-12-15-19-23-27(29)30-24-20-16-11-9-7-5-2/h25-26,28H,4-24H2,1-3H3. The first-order valence-corrected chi connectivity index (χ1v) is 13.5. The van der Waals surface area contributed by atoms with Gasteiger partial charge in [0.25, 0.3) is 0 Å². The van der Waals surface area contributed by atoms with Gasteiger partial charge in [-0.1, -0.05) is 117 Å². The SMILES string of the molecule is CCCCCCCCOC(=O)CCCCCCCC(C)C(O)CCCCCCCC. The minimum Gasteiger partial charge on any atom is -0.466 e. The van der Waals surface area contributed by atoms with E-state index in [4.69, 9.17) is 4.74 Å². The van der Waals surface area contributed by atoms with Crippen LogP contribution < -0.4 is 0 Å². The Morgan fingerprint density at radius 1 is 0.667 bits per heavy atom. The van der Waals surface area contributed by atoms with Crippen LogP contribution >= 0.6 is 0 Å². The Hall–Kier alpha value is -0.570. The highest BCUT2D eigenvalue weighted by Gasteiger charge is 2.13. The molecule has 180 valence electrons. The first-order valence-electron chi connectivity index (χ1n) is 13.5. The zero-order valence-electron chi connectivity index (χ0n) is 20.8. The van der Waals surface area contributed by atoms with Gasteiger partial charge in [0.15, 0.2) is 0 Å². The van der Waals surface area contributed by atoms with Crippen LogP contribution in [0.5, 0.6) is 0 Å². The van der Waals surface area contributed by atoms with Crippen molar-refractivity contribution in [2.75, 3.05) is 6.61 Å². The zero-order chi connectivity index (χ0) is 22.3. The van der Waals surface area contributed by atoms with Crippen LogP contribution in [0.1, 0.15) is 149 Å². The first kappa shape index (κ1) is 29.4. The third kappa shape index (κ3) is 20.7. The predicted molar refractivity (Wildman–Crippen MR) is 130 cm³/mol. The van der Waals surface area contributed by atoms with Crippen molar-refractivity contribution in [3.05, 3.63) is 0 Å². The van der Waals surface area contributed by atoms with E-state index in [1.807, 2.05) is 0 Å². The largest absolute Gasteiger partial charge is 0.466 e. The molecule has 0 radical (unpaired) electrons. The molecule has 0 aromatic rings. The van der Waals surface area contributed by atoms with Crippen molar-refractivity contribution >= 4 is 5.97 Å². The number of unbranched alkanes of at least 4 members (excludes halogenated alkanes) is 14. The van der Waals surface area contributed by atoms with E-state index in [0.29, 0.717) is 18.9 Å². The zero-order valence-corrected chi connectivity index (χ0v) is 20.8. The van der Waals surface area contributed by atoms with Gasteiger partial charge in [-0.3, -0.25) is 4.79 Å². The third-order valence-corrected chi connectivity index (χ3v) is 6.31. The maximum Gasteiger partial charge on any atom is 0.305 e. The molecule has 3 nitrogen and oxygen atoms in total. The number of hydrogen-bond acceptors (Lipinski definition) is 3. The van der Waals surface area contributed by atoms with Crippen LogP contribution in [0.15, 0.2) is 0 Å². The summed E-state index contributed by atoms with van der Waals surface area (Å²) in [7, 11) is 0. The fourth-order valence-electron chi connectivity index (χ4n) is 4.02. The highest BCUT2D eigenvalue weighted by Crippen LogP contribution is 2.19. The molecule has 2 atom stereocenters. The molecule has 0 fully saturated rings. The molecule has 0 saturated carbocycles. The van der Waals surface area contributed by atoms with Gasteiger partial charge in [0.2, 0.25) is 0 Å². The number of carbonyl (C=O) groups is 1. The van der Waals surface area contributed by atoms with E-state index in [9.17, 15) is 9.90 Å². The summed E-state index contributed by atoms with van der Waals surface area (Å²) >= 11 is 0. The summed E-state index contributed by atoms with van der Waals surface area (Å²) in [5.41, 5.74) is 0. The molecule has 2 unspecified atom stereocenters. The Bertz CT molecular complexity index is 356. The maximum atomic E-state index is 11.7. The van der Waals surface area contributed by atoms with Gasteiger partial charge in [0, 0.05) is 6.42 Å². The summed E-state index contributed by atoms with van der Waals surface area (Å²) in [5, 5.41) is 10.3. The number of aliphatic hydroxyl groups excluding tert-OH is 1. The molecule has 30 heavy (non-hydrogen) atoms. The van der Waals surface area contributed by atoms with E-state index in [0.717, 1.165) is 32.1 Å². The second-order valence-corrected chi connectivity index (χ2v) is 9.40. The molecule has 0 aliphatic rings. The van der Waals surface area contributed by atoms with Gasteiger partial charge < -0.3 is 9.84 Å². The van der Waals surface area contributed by atoms with Crippen molar-refractivity contribution < 1.29 is 14.6 Å². The molecule has 0 spiro atoms. The lowest BCUT2D eigenvalue weighted by atomic mass is 9.93. The molecule has 0 amide bonds. The number of aliphatic hydroxyl groups is 1. The second-order valence-electron chi connectivity index (χ2n) is 9.40. The molecule has 1 N–H and O–H groups in total. The quantitative estimate of drug-likeness (QED) is 0.132. The molecule has 0 aromatic heterocycles. The molecule has 0 heterocycles. The van der Waals surface area contributed by atoms with Gasteiger partial charge in [0.1, 0.15) is 0 Å². The molecule has 3 heteroatoms. The Kier molecular flexibility index (Phi) is 22.7. The van der Waals surface area contributed by atoms with Crippen molar-refractivity contribution in [3.63, 3.8) is 0 Å². The monoisotopic (exact) mass is 426 g/mol. The lowest BCUT2D eigenvalue weighted by molar-refractivity contribution is -0.143. The van der Waals surface area contributed by atoms with Crippen molar-refractivity contribution in [2.45, 2.75) is 155 Å². The van der Waals surface area contributed by atoms with Crippen LogP contribution in [0.2, 0.25) is 0 Å². The Morgan fingerprint density at radius 2 is 1.13 bits per heavy atom. The summed E-state index contributed by atoms with van der Waals surface area (Å²) < 4.78 is 5.33. The summed E-state index contributed by atoms with van der Waals surface area (Å²) in [4.78, 5) is 11.7. The molecule has 0 rings (SSSR count). The molecule has 0 bridgehead atoms. The van der Waals surface area contributed by atoms with Gasteiger partial charge in [-0.15, -0.1) is 0 Å². The summed E-state index contributed by atoms with van der Waals surface area (Å²) in [5.74, 6) is 0.396. The van der Waals surface area contributed by atoms with Gasteiger partial charge in [0.05, 0.1) is 12.7 Å². The van der Waals surface area contributed by atoms with Crippen LogP contribution in [-0.2, 0) is 9.53 Å². The van der Waals surface area contributed by atoms with Crippen molar-refractivity contribution in [2.24, 2.45) is 5.92 Å². The van der Waals surface area contributed by atoms with Crippen molar-refractivity contribution in [3.8, 4) is 0 Å². The smallest absolute Gasteiger partial charge is 0.305 e. The Balaban J connectivity index is 3.39.